The van der Waals surface area contributed by atoms with Gasteiger partial charge in [0.25, 0.3) is 0 Å². The number of imidazole rings is 1. The Labute approximate surface area is 83.6 Å². The maximum atomic E-state index is 11.3. The Morgan fingerprint density at radius 2 is 2.29 bits per heavy atom. The summed E-state index contributed by atoms with van der Waals surface area (Å²) in [6.45, 7) is 4.08. The molecule has 1 amide bonds. The molecule has 0 unspecified atom stereocenters. The Bertz CT molecular complexity index is 299. The summed E-state index contributed by atoms with van der Waals surface area (Å²) >= 11 is 0. The van der Waals surface area contributed by atoms with Crippen molar-refractivity contribution in [1.29, 1.82) is 5.26 Å². The highest BCUT2D eigenvalue weighted by Gasteiger charge is 2.08. The van der Waals surface area contributed by atoms with Crippen LogP contribution in [0.1, 0.15) is 13.8 Å². The monoisotopic (exact) mass is 194 g/mol. The SMILES string of the molecule is CC.CN(CC#N)C(=O)n1ccnc1. The maximum Gasteiger partial charge on any atom is 0.330 e. The van der Waals surface area contributed by atoms with Crippen molar-refractivity contribution in [2.75, 3.05) is 13.6 Å². The van der Waals surface area contributed by atoms with E-state index in [-0.39, 0.29) is 12.6 Å². The molecule has 0 saturated carbocycles. The van der Waals surface area contributed by atoms with E-state index < -0.39 is 0 Å². The number of hydrogen-bond donors (Lipinski definition) is 0. The van der Waals surface area contributed by atoms with E-state index in [0.717, 1.165) is 0 Å². The molecule has 0 aliphatic heterocycles. The smallest absolute Gasteiger partial charge is 0.314 e. The zero-order valence-corrected chi connectivity index (χ0v) is 8.64. The Hall–Kier alpha value is -1.83. The van der Waals surface area contributed by atoms with Crippen LogP contribution in [0.5, 0.6) is 0 Å². The molecule has 0 spiro atoms. The Balaban J connectivity index is 0.000000791. The van der Waals surface area contributed by atoms with Crippen molar-refractivity contribution in [2.45, 2.75) is 13.8 Å². The molecule has 0 aliphatic carbocycles. The molecule has 76 valence electrons. The van der Waals surface area contributed by atoms with Crippen molar-refractivity contribution in [2.24, 2.45) is 0 Å². The number of aromatic nitrogens is 2. The van der Waals surface area contributed by atoms with Gasteiger partial charge in [0.15, 0.2) is 0 Å². The van der Waals surface area contributed by atoms with Crippen LogP contribution in [0.3, 0.4) is 0 Å². The summed E-state index contributed by atoms with van der Waals surface area (Å²) in [6, 6.07) is 1.63. The van der Waals surface area contributed by atoms with E-state index in [2.05, 4.69) is 4.98 Å². The van der Waals surface area contributed by atoms with Gasteiger partial charge >= 0.3 is 6.03 Å². The first kappa shape index (κ1) is 12.2. The van der Waals surface area contributed by atoms with Gasteiger partial charge in [-0.05, 0) is 0 Å². The molecule has 1 heterocycles. The van der Waals surface area contributed by atoms with E-state index >= 15 is 0 Å². The second-order valence-electron chi connectivity index (χ2n) is 2.27. The minimum atomic E-state index is -0.256. The molecule has 1 aromatic rings. The second kappa shape index (κ2) is 6.66. The summed E-state index contributed by atoms with van der Waals surface area (Å²) in [4.78, 5) is 16.3. The number of amides is 1. The van der Waals surface area contributed by atoms with Crippen LogP contribution in [0, 0.1) is 11.3 Å². The van der Waals surface area contributed by atoms with Gasteiger partial charge in [-0.15, -0.1) is 0 Å². The van der Waals surface area contributed by atoms with Crippen LogP contribution in [0.2, 0.25) is 0 Å². The largest absolute Gasteiger partial charge is 0.330 e. The summed E-state index contributed by atoms with van der Waals surface area (Å²) in [6.07, 6.45) is 4.45. The zero-order chi connectivity index (χ0) is 11.0. The molecule has 0 N–H and O–H groups in total. The van der Waals surface area contributed by atoms with Gasteiger partial charge in [0.1, 0.15) is 12.9 Å². The van der Waals surface area contributed by atoms with E-state index in [0.29, 0.717) is 0 Å². The van der Waals surface area contributed by atoms with Gasteiger partial charge in [0, 0.05) is 19.4 Å². The molecule has 1 aromatic heterocycles. The van der Waals surface area contributed by atoms with Crippen molar-refractivity contribution < 1.29 is 4.79 Å². The molecule has 0 aliphatic rings. The van der Waals surface area contributed by atoms with Crippen molar-refractivity contribution in [1.82, 2.24) is 14.5 Å². The highest BCUT2D eigenvalue weighted by molar-refractivity contribution is 5.76. The number of nitrogens with zero attached hydrogens (tertiary/aromatic N) is 4. The number of hydrogen-bond acceptors (Lipinski definition) is 3. The van der Waals surface area contributed by atoms with Gasteiger partial charge in [-0.3, -0.25) is 4.57 Å². The Morgan fingerprint density at radius 1 is 1.64 bits per heavy atom. The van der Waals surface area contributed by atoms with Crippen LogP contribution in [0.15, 0.2) is 18.7 Å². The standard InChI is InChI=1S/C7H8N4O.C2H6/c1-10(4-2-8)7(12)11-5-3-9-6-11;1-2/h3,5-6H,4H2,1H3;1-2H3. The average molecular weight is 194 g/mol. The summed E-state index contributed by atoms with van der Waals surface area (Å²) in [5, 5.41) is 8.31. The Morgan fingerprint density at radius 3 is 2.71 bits per heavy atom. The third-order valence-electron chi connectivity index (χ3n) is 1.36. The van der Waals surface area contributed by atoms with Crippen molar-refractivity contribution in [3.8, 4) is 6.07 Å². The van der Waals surface area contributed by atoms with Crippen molar-refractivity contribution >= 4 is 6.03 Å². The molecule has 5 heteroatoms. The summed E-state index contributed by atoms with van der Waals surface area (Å²) in [7, 11) is 1.56. The molecule has 0 fully saturated rings. The van der Waals surface area contributed by atoms with E-state index in [9.17, 15) is 4.79 Å². The number of nitriles is 1. The predicted molar refractivity (Wildman–Crippen MR) is 52.6 cm³/mol. The molecular weight excluding hydrogens is 180 g/mol. The molecule has 0 atom stereocenters. The molecule has 0 bridgehead atoms. The third kappa shape index (κ3) is 3.27. The summed E-state index contributed by atoms with van der Waals surface area (Å²) < 4.78 is 1.32. The fourth-order valence-electron chi connectivity index (χ4n) is 0.743. The van der Waals surface area contributed by atoms with E-state index in [1.807, 2.05) is 19.9 Å². The first-order valence-corrected chi connectivity index (χ1v) is 4.36. The van der Waals surface area contributed by atoms with Crippen LogP contribution >= 0.6 is 0 Å². The molecule has 0 saturated heterocycles. The first-order valence-electron chi connectivity index (χ1n) is 4.36. The van der Waals surface area contributed by atoms with Crippen LogP contribution in [-0.2, 0) is 0 Å². The summed E-state index contributed by atoms with van der Waals surface area (Å²) in [5.41, 5.74) is 0. The van der Waals surface area contributed by atoms with Crippen molar-refractivity contribution in [3.05, 3.63) is 18.7 Å². The van der Waals surface area contributed by atoms with Gasteiger partial charge in [-0.1, -0.05) is 13.8 Å². The highest BCUT2D eigenvalue weighted by atomic mass is 16.2. The quantitative estimate of drug-likeness (QED) is 0.633. The van der Waals surface area contributed by atoms with E-state index in [4.69, 9.17) is 5.26 Å². The number of carbonyl (C=O) groups excluding carboxylic acids is 1. The van der Waals surface area contributed by atoms with Gasteiger partial charge in [-0.25, -0.2) is 9.78 Å². The van der Waals surface area contributed by atoms with Crippen molar-refractivity contribution in [3.63, 3.8) is 0 Å². The minimum Gasteiger partial charge on any atom is -0.314 e. The second-order valence-corrected chi connectivity index (χ2v) is 2.27. The van der Waals surface area contributed by atoms with E-state index in [1.165, 1.54) is 28.2 Å². The molecular formula is C9H14N4O. The van der Waals surface area contributed by atoms with Crippen LogP contribution in [-0.4, -0.2) is 34.1 Å². The molecule has 1 rings (SSSR count). The zero-order valence-electron chi connectivity index (χ0n) is 8.64. The predicted octanol–water partition coefficient (Wildman–Crippen LogP) is 1.33. The fraction of sp³-hybridized carbons (Fsp3) is 0.444. The first-order chi connectivity index (χ1) is 6.75. The fourth-order valence-corrected chi connectivity index (χ4v) is 0.743. The molecule has 0 radical (unpaired) electrons. The van der Waals surface area contributed by atoms with E-state index in [1.54, 1.807) is 7.05 Å². The van der Waals surface area contributed by atoms with Gasteiger partial charge < -0.3 is 4.90 Å². The van der Waals surface area contributed by atoms with Crippen LogP contribution in [0.25, 0.3) is 0 Å². The third-order valence-corrected chi connectivity index (χ3v) is 1.36. The average Bonchev–Trinajstić information content (AvgIpc) is 2.73. The summed E-state index contributed by atoms with van der Waals surface area (Å²) in [5.74, 6) is 0. The lowest BCUT2D eigenvalue weighted by Crippen LogP contribution is -2.30. The lowest BCUT2D eigenvalue weighted by Gasteiger charge is -2.11. The lowest BCUT2D eigenvalue weighted by atomic mass is 10.6. The number of rotatable bonds is 1. The minimum absolute atomic E-state index is 0.0804. The lowest BCUT2D eigenvalue weighted by molar-refractivity contribution is 0.215. The van der Waals surface area contributed by atoms with Gasteiger partial charge in [-0.2, -0.15) is 5.26 Å². The van der Waals surface area contributed by atoms with Gasteiger partial charge in [0.05, 0.1) is 6.07 Å². The topological polar surface area (TPSA) is 61.9 Å². The number of carbonyl (C=O) groups is 1. The molecule has 5 nitrogen and oxygen atoms in total. The molecule has 0 aromatic carbocycles. The normalized spacial score (nSPS) is 8.14. The highest BCUT2D eigenvalue weighted by Crippen LogP contribution is 1.91. The van der Waals surface area contributed by atoms with Crippen LogP contribution in [0.4, 0.5) is 4.79 Å². The Kier molecular flexibility index (Phi) is 5.79. The van der Waals surface area contributed by atoms with Crippen LogP contribution < -0.4 is 0 Å². The molecule has 14 heavy (non-hydrogen) atoms. The maximum absolute atomic E-state index is 11.3. The van der Waals surface area contributed by atoms with Gasteiger partial charge in [0.2, 0.25) is 0 Å².